The van der Waals surface area contributed by atoms with Gasteiger partial charge in [0.15, 0.2) is 0 Å². The van der Waals surface area contributed by atoms with E-state index >= 15 is 0 Å². The summed E-state index contributed by atoms with van der Waals surface area (Å²) in [5.41, 5.74) is 9.37. The maximum atomic E-state index is 13.2. The largest absolute Gasteiger partial charge is 0.383 e. The Morgan fingerprint density at radius 1 is 1.26 bits per heavy atom. The standard InChI is InChI=1S/C14H11BrFN3/c1-8-2-4-10(11(15)6-8)13-14(17)19-7-9(16)3-5-12(19)18-13/h2-7H,17H2,1H3. The third-order valence-electron chi connectivity index (χ3n) is 3.00. The molecular formula is C14H11BrFN3. The highest BCUT2D eigenvalue weighted by Gasteiger charge is 2.14. The number of nitrogens with zero attached hydrogens (tertiary/aromatic N) is 2. The van der Waals surface area contributed by atoms with E-state index in [1.54, 1.807) is 10.5 Å². The topological polar surface area (TPSA) is 43.3 Å². The Labute approximate surface area is 118 Å². The zero-order valence-electron chi connectivity index (χ0n) is 10.2. The average molecular weight is 320 g/mol. The maximum absolute atomic E-state index is 13.2. The Hall–Kier alpha value is -1.88. The number of anilines is 1. The summed E-state index contributed by atoms with van der Waals surface area (Å²) in [6, 6.07) is 8.92. The minimum Gasteiger partial charge on any atom is -0.383 e. The lowest BCUT2D eigenvalue weighted by Gasteiger charge is -2.03. The monoisotopic (exact) mass is 319 g/mol. The summed E-state index contributed by atoms with van der Waals surface area (Å²) in [4.78, 5) is 4.46. The smallest absolute Gasteiger partial charge is 0.140 e. The van der Waals surface area contributed by atoms with Crippen LogP contribution in [0.1, 0.15) is 5.56 Å². The number of hydrogen-bond acceptors (Lipinski definition) is 2. The SMILES string of the molecule is Cc1ccc(-c2nc3ccc(F)cn3c2N)c(Br)c1. The van der Waals surface area contributed by atoms with Crippen molar-refractivity contribution in [2.45, 2.75) is 6.92 Å². The summed E-state index contributed by atoms with van der Waals surface area (Å²) >= 11 is 3.51. The Bertz CT molecular complexity index is 780. The number of imidazole rings is 1. The van der Waals surface area contributed by atoms with Crippen LogP contribution in [0.3, 0.4) is 0 Å². The fourth-order valence-electron chi connectivity index (χ4n) is 2.05. The van der Waals surface area contributed by atoms with E-state index in [0.29, 0.717) is 17.2 Å². The molecule has 96 valence electrons. The molecule has 0 unspecified atom stereocenters. The van der Waals surface area contributed by atoms with Gasteiger partial charge in [0.25, 0.3) is 0 Å². The number of rotatable bonds is 1. The van der Waals surface area contributed by atoms with E-state index in [1.165, 1.54) is 12.3 Å². The minimum absolute atomic E-state index is 0.342. The fraction of sp³-hybridized carbons (Fsp3) is 0.0714. The van der Waals surface area contributed by atoms with Crippen molar-refractivity contribution in [2.75, 3.05) is 5.73 Å². The molecule has 5 heteroatoms. The molecule has 2 aromatic heterocycles. The Balaban J connectivity index is 2.28. The number of aromatic nitrogens is 2. The van der Waals surface area contributed by atoms with Crippen LogP contribution in [0.2, 0.25) is 0 Å². The molecule has 0 fully saturated rings. The van der Waals surface area contributed by atoms with Crippen LogP contribution in [-0.2, 0) is 0 Å². The Kier molecular flexibility index (Phi) is 2.78. The molecule has 3 nitrogen and oxygen atoms in total. The number of hydrogen-bond donors (Lipinski definition) is 1. The minimum atomic E-state index is -0.342. The van der Waals surface area contributed by atoms with Crippen LogP contribution >= 0.6 is 15.9 Å². The maximum Gasteiger partial charge on any atom is 0.140 e. The van der Waals surface area contributed by atoms with E-state index in [4.69, 9.17) is 5.73 Å². The van der Waals surface area contributed by atoms with Crippen molar-refractivity contribution in [3.8, 4) is 11.3 Å². The second kappa shape index (κ2) is 4.35. The normalized spacial score (nSPS) is 11.1. The first-order chi connectivity index (χ1) is 9.06. The third kappa shape index (κ3) is 2.00. The van der Waals surface area contributed by atoms with Crippen LogP contribution in [0, 0.1) is 12.7 Å². The molecule has 0 bridgehead atoms. The zero-order chi connectivity index (χ0) is 13.6. The zero-order valence-corrected chi connectivity index (χ0v) is 11.8. The molecule has 19 heavy (non-hydrogen) atoms. The van der Waals surface area contributed by atoms with Gasteiger partial charge >= 0.3 is 0 Å². The molecule has 0 aliphatic rings. The van der Waals surface area contributed by atoms with Crippen LogP contribution in [0.25, 0.3) is 16.9 Å². The highest BCUT2D eigenvalue weighted by Crippen LogP contribution is 2.32. The quantitative estimate of drug-likeness (QED) is 0.741. The van der Waals surface area contributed by atoms with E-state index in [9.17, 15) is 4.39 Å². The summed E-state index contributed by atoms with van der Waals surface area (Å²) in [6.07, 6.45) is 1.34. The molecule has 2 N–H and O–H groups in total. The predicted octanol–water partition coefficient (Wildman–Crippen LogP) is 3.79. The molecule has 0 radical (unpaired) electrons. The van der Waals surface area contributed by atoms with Gasteiger partial charge in [0.2, 0.25) is 0 Å². The van der Waals surface area contributed by atoms with Gasteiger partial charge in [-0.2, -0.15) is 0 Å². The van der Waals surface area contributed by atoms with Crippen LogP contribution in [0.15, 0.2) is 41.0 Å². The van der Waals surface area contributed by atoms with Gasteiger partial charge in [0.1, 0.15) is 23.0 Å². The molecular weight excluding hydrogens is 309 g/mol. The first kappa shape index (κ1) is 12.2. The molecule has 3 aromatic rings. The summed E-state index contributed by atoms with van der Waals surface area (Å²) in [5.74, 6) is 0.0881. The molecule has 0 atom stereocenters. The highest BCUT2D eigenvalue weighted by atomic mass is 79.9. The van der Waals surface area contributed by atoms with Gasteiger partial charge in [-0.3, -0.25) is 4.40 Å². The van der Waals surface area contributed by atoms with Crippen LogP contribution in [-0.4, -0.2) is 9.38 Å². The van der Waals surface area contributed by atoms with E-state index < -0.39 is 0 Å². The number of aryl methyl sites for hydroxylation is 1. The van der Waals surface area contributed by atoms with Gasteiger partial charge in [-0.15, -0.1) is 0 Å². The van der Waals surface area contributed by atoms with Crippen LogP contribution < -0.4 is 5.73 Å². The third-order valence-corrected chi connectivity index (χ3v) is 3.66. The van der Waals surface area contributed by atoms with Crippen molar-refractivity contribution in [1.29, 1.82) is 0 Å². The molecule has 0 saturated carbocycles. The first-order valence-corrected chi connectivity index (χ1v) is 6.55. The van der Waals surface area contributed by atoms with Gasteiger partial charge in [-0.1, -0.05) is 28.1 Å². The average Bonchev–Trinajstić information content (AvgIpc) is 2.67. The number of benzene rings is 1. The van der Waals surface area contributed by atoms with Crippen molar-refractivity contribution >= 4 is 27.4 Å². The molecule has 3 rings (SSSR count). The number of nitrogen functional groups attached to an aromatic ring is 1. The second-order valence-corrected chi connectivity index (χ2v) is 5.26. The lowest BCUT2D eigenvalue weighted by molar-refractivity contribution is 0.619. The predicted molar refractivity (Wildman–Crippen MR) is 77.4 cm³/mol. The number of halogens is 2. The molecule has 2 heterocycles. The van der Waals surface area contributed by atoms with E-state index in [2.05, 4.69) is 20.9 Å². The molecule has 0 spiro atoms. The van der Waals surface area contributed by atoms with Crippen LogP contribution in [0.5, 0.6) is 0 Å². The van der Waals surface area contributed by atoms with E-state index in [1.807, 2.05) is 25.1 Å². The Morgan fingerprint density at radius 2 is 2.05 bits per heavy atom. The summed E-state index contributed by atoms with van der Waals surface area (Å²) in [6.45, 7) is 2.01. The molecule has 0 saturated heterocycles. The van der Waals surface area contributed by atoms with Crippen molar-refractivity contribution in [3.05, 3.63) is 52.4 Å². The van der Waals surface area contributed by atoms with Gasteiger partial charge < -0.3 is 5.73 Å². The second-order valence-electron chi connectivity index (χ2n) is 4.40. The van der Waals surface area contributed by atoms with Crippen molar-refractivity contribution in [2.24, 2.45) is 0 Å². The van der Waals surface area contributed by atoms with Crippen molar-refractivity contribution in [1.82, 2.24) is 9.38 Å². The van der Waals surface area contributed by atoms with Gasteiger partial charge in [-0.05, 0) is 30.7 Å². The summed E-state index contributed by atoms with van der Waals surface area (Å²) < 4.78 is 15.7. The summed E-state index contributed by atoms with van der Waals surface area (Å²) in [5, 5.41) is 0. The lowest BCUT2D eigenvalue weighted by Crippen LogP contribution is -1.95. The lowest BCUT2D eigenvalue weighted by atomic mass is 10.1. The number of pyridine rings is 1. The van der Waals surface area contributed by atoms with Crippen molar-refractivity contribution in [3.63, 3.8) is 0 Å². The number of fused-ring (bicyclic) bond motifs is 1. The highest BCUT2D eigenvalue weighted by molar-refractivity contribution is 9.10. The molecule has 0 amide bonds. The van der Waals surface area contributed by atoms with Crippen molar-refractivity contribution < 1.29 is 4.39 Å². The molecule has 0 aliphatic carbocycles. The van der Waals surface area contributed by atoms with E-state index in [-0.39, 0.29) is 5.82 Å². The first-order valence-electron chi connectivity index (χ1n) is 5.76. The molecule has 0 aliphatic heterocycles. The molecule has 1 aromatic carbocycles. The van der Waals surface area contributed by atoms with Gasteiger partial charge in [-0.25, -0.2) is 9.37 Å². The van der Waals surface area contributed by atoms with E-state index in [0.717, 1.165) is 15.6 Å². The Morgan fingerprint density at radius 3 is 2.79 bits per heavy atom. The van der Waals surface area contributed by atoms with Crippen LogP contribution in [0.4, 0.5) is 10.2 Å². The fourth-order valence-corrected chi connectivity index (χ4v) is 2.73. The number of nitrogens with two attached hydrogens (primary N) is 1. The summed E-state index contributed by atoms with van der Waals surface area (Å²) in [7, 11) is 0. The van der Waals surface area contributed by atoms with Gasteiger partial charge in [0, 0.05) is 16.2 Å². The van der Waals surface area contributed by atoms with Gasteiger partial charge in [0.05, 0.1) is 0 Å².